The van der Waals surface area contributed by atoms with Gasteiger partial charge in [0.1, 0.15) is 40.2 Å². The number of carboxylic acid groups (broad SMARTS) is 2. The smallest absolute Gasteiger partial charge is 0.488 e. The Labute approximate surface area is 779 Å². The summed E-state index contributed by atoms with van der Waals surface area (Å²) >= 11 is 3.38. The lowest BCUT2D eigenvalue weighted by atomic mass is 9.81. The van der Waals surface area contributed by atoms with Crippen molar-refractivity contribution in [3.05, 3.63) is 311 Å². The molecular formula is C88H82BBrN16O25S4. The van der Waals surface area contributed by atoms with Gasteiger partial charge in [-0.2, -0.15) is 0 Å². The molecule has 0 radical (unpaired) electrons. The summed E-state index contributed by atoms with van der Waals surface area (Å²) in [6.45, 7) is 4.78. The van der Waals surface area contributed by atoms with Gasteiger partial charge in [0.2, 0.25) is 62.9 Å². The van der Waals surface area contributed by atoms with Gasteiger partial charge in [0, 0.05) is 4.47 Å². The highest BCUT2D eigenvalue weighted by molar-refractivity contribution is 9.10. The van der Waals surface area contributed by atoms with E-state index in [0.29, 0.717) is 41.8 Å². The lowest BCUT2D eigenvalue weighted by molar-refractivity contribution is 0.0506. The summed E-state index contributed by atoms with van der Waals surface area (Å²) in [7, 11) is -11.8. The van der Waals surface area contributed by atoms with Crippen molar-refractivity contribution in [2.24, 2.45) is 20.6 Å². The number of ether oxygens (including phenoxy) is 9. The number of primary sulfonamides is 4. The number of H-pyrrole nitrogens is 1. The number of rotatable bonds is 31. The summed E-state index contributed by atoms with van der Waals surface area (Å²) in [4.78, 5) is 47.3. The molecule has 0 aliphatic rings. The summed E-state index contributed by atoms with van der Waals surface area (Å²) < 4.78 is 144. The molecule has 0 bridgehead atoms. The minimum atomic E-state index is -3.77. The third kappa shape index (κ3) is 28.1. The number of nitrogens with one attached hydrogen (secondary N) is 1. The third-order valence-corrected chi connectivity index (χ3v) is 22.9. The predicted octanol–water partition coefficient (Wildman–Crippen LogP) is 10.4. The average Bonchev–Trinajstić information content (AvgIpc) is 1.69. The average molecular weight is 1980 g/mol. The molecule has 698 valence electrons. The van der Waals surface area contributed by atoms with Crippen LogP contribution in [0.4, 0.5) is 0 Å². The molecule has 13 N–H and O–H groups in total. The number of methoxy groups -OCH3 is 3. The second kappa shape index (κ2) is 45.6. The predicted molar refractivity (Wildman–Crippen MR) is 490 cm³/mol. The van der Waals surface area contributed by atoms with Crippen LogP contribution in [0.3, 0.4) is 0 Å². The first-order valence-electron chi connectivity index (χ1n) is 39.5. The van der Waals surface area contributed by atoms with Crippen LogP contribution in [0.2, 0.25) is 0 Å². The minimum Gasteiger partial charge on any atom is -0.497 e. The Bertz CT molecular complexity index is 7090. The van der Waals surface area contributed by atoms with Gasteiger partial charge < -0.3 is 62.9 Å². The first-order chi connectivity index (χ1) is 64.4. The van der Waals surface area contributed by atoms with Crippen LogP contribution < -0.4 is 59.2 Å². The molecule has 0 unspecified atom stereocenters. The van der Waals surface area contributed by atoms with Gasteiger partial charge in [-0.05, 0) is 215 Å². The Balaban J connectivity index is 0.000000167. The fraction of sp³-hybridized carbons (Fsp3) is 0.114. The van der Waals surface area contributed by atoms with Crippen LogP contribution in [-0.2, 0) is 69.2 Å². The molecule has 0 aliphatic heterocycles. The molecule has 0 spiro atoms. The van der Waals surface area contributed by atoms with E-state index in [1.54, 1.807) is 157 Å². The Morgan fingerprint density at radius 2 is 0.615 bits per heavy atom. The van der Waals surface area contributed by atoms with E-state index < -0.39 is 71.1 Å². The maximum Gasteiger partial charge on any atom is 0.488 e. The van der Waals surface area contributed by atoms with E-state index in [4.69, 9.17) is 78.3 Å². The second-order valence-corrected chi connectivity index (χ2v) is 35.1. The summed E-state index contributed by atoms with van der Waals surface area (Å²) in [6.07, 6.45) is 0. The number of aromatic nitrogens is 12. The molecule has 15 rings (SSSR count). The second-order valence-electron chi connectivity index (χ2n) is 27.9. The summed E-state index contributed by atoms with van der Waals surface area (Å²) in [5.74, 6) is 0.464. The highest BCUT2D eigenvalue weighted by Crippen LogP contribution is 2.35. The number of aromatic carboxylic acids is 2. The summed E-state index contributed by atoms with van der Waals surface area (Å²) in [5, 5.41) is 89.0. The molecule has 0 saturated carbocycles. The number of aromatic amines is 1. The van der Waals surface area contributed by atoms with E-state index in [2.05, 4.69) is 62.3 Å². The first kappa shape index (κ1) is 100. The van der Waals surface area contributed by atoms with Crippen LogP contribution in [0, 0.1) is 0 Å². The monoisotopic (exact) mass is 1980 g/mol. The van der Waals surface area contributed by atoms with Crippen LogP contribution in [0.5, 0.6) is 63.8 Å². The molecule has 41 nitrogen and oxygen atoms in total. The van der Waals surface area contributed by atoms with E-state index in [1.807, 2.05) is 84.9 Å². The molecule has 0 atom stereocenters. The Morgan fingerprint density at radius 1 is 0.356 bits per heavy atom. The zero-order chi connectivity index (χ0) is 97.3. The molecule has 11 aromatic carbocycles. The van der Waals surface area contributed by atoms with Crippen molar-refractivity contribution < 1.29 is 116 Å². The quantitative estimate of drug-likeness (QED) is 0.0144. The lowest BCUT2D eigenvalue weighted by Gasteiger charge is -2.11. The zero-order valence-corrected chi connectivity index (χ0v) is 76.5. The molecule has 0 aliphatic carbocycles. The molecule has 4 heterocycles. The molecule has 47 heteroatoms. The fourth-order valence-electron chi connectivity index (χ4n) is 11.9. The summed E-state index contributed by atoms with van der Waals surface area (Å²) in [5.41, 5.74) is 7.17. The van der Waals surface area contributed by atoms with Crippen LogP contribution in [0.15, 0.2) is 291 Å². The highest BCUT2D eigenvalue weighted by atomic mass is 79.9. The van der Waals surface area contributed by atoms with E-state index in [-0.39, 0.29) is 91.1 Å². The normalized spacial score (nSPS) is 11.1. The van der Waals surface area contributed by atoms with Gasteiger partial charge in [-0.25, -0.2) is 92.5 Å². The number of esters is 2. The van der Waals surface area contributed by atoms with Crippen molar-refractivity contribution >= 4 is 92.5 Å². The van der Waals surface area contributed by atoms with Gasteiger partial charge in [-0.1, -0.05) is 163 Å². The van der Waals surface area contributed by atoms with Gasteiger partial charge in [-0.3, -0.25) is 0 Å². The van der Waals surface area contributed by atoms with Gasteiger partial charge in [-0.15, -0.1) is 15.3 Å². The standard InChI is InChI=1S/C25H24N4O6S.C23H20N4O6S.C19H18BrN3O4.C15H12N4O5S.C6H8BNO4S/c1-3-34-25(30)23-24(29(28-27-23)16-17-4-10-20(33-2)11-5-17)35-21-12-6-18(7-13-21)19-8-14-22(15-9-19)36(26,31)32;1-32-18-8-2-15(3-9-18)14-27-22(21(23(28)29)25-26-27)33-19-10-4-16(5-11-19)17-6-12-20(13-7-17)34(24,30)31;1-3-26-19(24)17-18(27-16-10-6-14(20)7-11-16)23(22-21-17)12-13-4-8-15(25-2)9-5-13;16-25(22,23)12-7-3-10(4-8-12)9-1-5-11(6-2-9)24-14-13(15(20)21)17-19-18-14;8-13(11,12)6-3-1-5(2-4-6)7(9)10/h4-15H,3,16H2,1-2H3,(H2,26,31,32);2-13H,14H2,1H3,(H,28,29)(H2,24,30,31);4-11H,3,12H2,1-2H3;1-8H,(H,20,21)(H2,16,22,23)(H,17,18,19);1-4,9-10H,(H2,8,11,12). The highest BCUT2D eigenvalue weighted by Gasteiger charge is 2.28. The SMILES string of the molecule is CCOC(=O)c1nnn(Cc2ccc(OC)cc2)c1Oc1ccc(-c2ccc(S(N)(=O)=O)cc2)cc1.CCOC(=O)c1nnn(Cc2ccc(OC)cc2)c1Oc1ccc(Br)cc1.COc1ccc(Cn2nnc(C(=O)O)c2Oc2ccc(-c3ccc(S(N)(=O)=O)cc3)cc2)cc1.NS(=O)(=O)c1ccc(-c2ccc(Oc3nn[nH]c3C(=O)O)cc2)cc1.NS(=O)(=O)c1ccc(B(O)O)cc1. The largest absolute Gasteiger partial charge is 0.497 e. The van der Waals surface area contributed by atoms with E-state index in [9.17, 15) is 58.0 Å². The Morgan fingerprint density at radius 3 is 0.881 bits per heavy atom. The van der Waals surface area contributed by atoms with Crippen LogP contribution in [0.1, 0.15) is 72.5 Å². The molecule has 15 aromatic rings. The number of carbonyl (C=O) groups is 4. The van der Waals surface area contributed by atoms with Crippen LogP contribution in [0.25, 0.3) is 33.4 Å². The molecule has 0 amide bonds. The molecular weight excluding hydrogens is 1900 g/mol. The van der Waals surface area contributed by atoms with E-state index in [0.717, 1.165) is 66.0 Å². The Hall–Kier alpha value is -15.4. The van der Waals surface area contributed by atoms with Crippen molar-refractivity contribution in [2.75, 3.05) is 34.5 Å². The minimum absolute atomic E-state index is 0.00595. The zero-order valence-electron chi connectivity index (χ0n) is 71.6. The van der Waals surface area contributed by atoms with Crippen molar-refractivity contribution in [1.82, 2.24) is 60.4 Å². The number of carboxylic acids is 2. The van der Waals surface area contributed by atoms with Gasteiger partial charge in [0.05, 0.1) is 73.8 Å². The molecule has 135 heavy (non-hydrogen) atoms. The number of hydrogen-bond acceptors (Lipinski definition) is 31. The maximum atomic E-state index is 12.5. The lowest BCUT2D eigenvalue weighted by Crippen LogP contribution is -2.29. The maximum absolute atomic E-state index is 12.5. The van der Waals surface area contributed by atoms with Crippen molar-refractivity contribution in [1.29, 1.82) is 0 Å². The van der Waals surface area contributed by atoms with E-state index >= 15 is 0 Å². The number of benzene rings is 11. The van der Waals surface area contributed by atoms with E-state index in [1.165, 1.54) is 74.7 Å². The van der Waals surface area contributed by atoms with Gasteiger partial charge >= 0.3 is 31.0 Å². The Kier molecular flexibility index (Phi) is 33.8. The number of nitrogens with two attached hydrogens (primary N) is 4. The third-order valence-electron chi connectivity index (χ3n) is 18.7. The molecule has 4 aromatic heterocycles. The van der Waals surface area contributed by atoms with Crippen LogP contribution >= 0.6 is 15.9 Å². The van der Waals surface area contributed by atoms with Gasteiger partial charge in [0.25, 0.3) is 23.5 Å². The number of carbonyl (C=O) groups excluding carboxylic acids is 2. The summed E-state index contributed by atoms with van der Waals surface area (Å²) in [6, 6.07) is 73.6. The number of hydrogen-bond donors (Lipinski definition) is 9. The fourth-order valence-corrected chi connectivity index (χ4v) is 14.2. The van der Waals surface area contributed by atoms with Crippen molar-refractivity contribution in [3.63, 3.8) is 0 Å². The van der Waals surface area contributed by atoms with Crippen LogP contribution in [-0.4, -0.2) is 180 Å². The van der Waals surface area contributed by atoms with Gasteiger partial charge in [0.15, 0.2) is 0 Å². The molecule has 0 fully saturated rings. The number of nitrogens with zero attached hydrogens (tertiary/aromatic N) is 11. The van der Waals surface area contributed by atoms with Crippen molar-refractivity contribution in [3.8, 4) is 97.1 Å². The molecule has 0 saturated heterocycles. The first-order valence-corrected chi connectivity index (χ1v) is 46.4. The number of sulfonamides is 4. The number of halogens is 1. The topological polar surface area (TPSA) is 607 Å². The van der Waals surface area contributed by atoms with Crippen molar-refractivity contribution in [2.45, 2.75) is 53.1 Å².